The van der Waals surface area contributed by atoms with Gasteiger partial charge < -0.3 is 10.1 Å². The van der Waals surface area contributed by atoms with Gasteiger partial charge in [0.05, 0.1) is 5.56 Å². The van der Waals surface area contributed by atoms with Crippen LogP contribution < -0.4 is 5.32 Å². The predicted molar refractivity (Wildman–Crippen MR) is 91.1 cm³/mol. The number of aryl methyl sites for hydroxylation is 1. The van der Waals surface area contributed by atoms with Crippen LogP contribution in [0.15, 0.2) is 48.5 Å². The summed E-state index contributed by atoms with van der Waals surface area (Å²) >= 11 is 0. The lowest BCUT2D eigenvalue weighted by Gasteiger charge is -2.14. The lowest BCUT2D eigenvalue weighted by Crippen LogP contribution is -2.30. The van der Waals surface area contributed by atoms with Gasteiger partial charge in [-0.15, -0.1) is 0 Å². The van der Waals surface area contributed by atoms with Crippen LogP contribution in [0.3, 0.4) is 0 Å². The molecule has 5 heteroatoms. The summed E-state index contributed by atoms with van der Waals surface area (Å²) in [5, 5.41) is 2.63. The Morgan fingerprint density at radius 1 is 1.00 bits per heavy atom. The summed E-state index contributed by atoms with van der Waals surface area (Å²) in [6, 6.07) is 13.5. The van der Waals surface area contributed by atoms with Crippen molar-refractivity contribution < 1.29 is 19.1 Å². The van der Waals surface area contributed by atoms with Crippen molar-refractivity contribution in [3.63, 3.8) is 0 Å². The first kappa shape index (κ1) is 17.4. The molecule has 2 aromatic rings. The molecule has 2 rings (SSSR count). The van der Waals surface area contributed by atoms with E-state index in [1.54, 1.807) is 48.5 Å². The fourth-order valence-electron chi connectivity index (χ4n) is 2.03. The minimum absolute atomic E-state index is 0.0926. The molecule has 0 fully saturated rings. The van der Waals surface area contributed by atoms with Crippen LogP contribution in [0.5, 0.6) is 0 Å². The van der Waals surface area contributed by atoms with Gasteiger partial charge in [-0.25, -0.2) is 4.79 Å². The van der Waals surface area contributed by atoms with Crippen LogP contribution in [0.25, 0.3) is 0 Å². The third kappa shape index (κ3) is 4.52. The molecule has 1 atom stereocenters. The quantitative estimate of drug-likeness (QED) is 0.675. The van der Waals surface area contributed by atoms with Crippen molar-refractivity contribution in [3.8, 4) is 0 Å². The number of anilines is 1. The second kappa shape index (κ2) is 7.55. The third-order valence-corrected chi connectivity index (χ3v) is 3.48. The Morgan fingerprint density at radius 3 is 2.29 bits per heavy atom. The molecular formula is C19H19NO4. The monoisotopic (exact) mass is 325 g/mol. The Bertz CT molecular complexity index is 765. The van der Waals surface area contributed by atoms with Crippen LogP contribution in [0, 0.1) is 6.92 Å². The fraction of sp³-hybridized carbons (Fsp3) is 0.211. The zero-order valence-corrected chi connectivity index (χ0v) is 13.8. The molecule has 0 aromatic heterocycles. The molecule has 0 radical (unpaired) electrons. The van der Waals surface area contributed by atoms with Crippen LogP contribution in [-0.4, -0.2) is 23.8 Å². The van der Waals surface area contributed by atoms with E-state index in [0.717, 1.165) is 5.56 Å². The number of amides is 1. The van der Waals surface area contributed by atoms with E-state index in [9.17, 15) is 14.4 Å². The second-order valence-corrected chi connectivity index (χ2v) is 5.54. The topological polar surface area (TPSA) is 72.5 Å². The van der Waals surface area contributed by atoms with E-state index in [1.165, 1.54) is 13.8 Å². The maximum absolute atomic E-state index is 12.1. The number of carbonyl (C=O) groups is 3. The van der Waals surface area contributed by atoms with Gasteiger partial charge in [-0.2, -0.15) is 0 Å². The van der Waals surface area contributed by atoms with Crippen molar-refractivity contribution in [2.24, 2.45) is 0 Å². The van der Waals surface area contributed by atoms with Crippen LogP contribution in [0.2, 0.25) is 0 Å². The first-order chi connectivity index (χ1) is 11.4. The van der Waals surface area contributed by atoms with Gasteiger partial charge in [-0.3, -0.25) is 9.59 Å². The highest BCUT2D eigenvalue weighted by Gasteiger charge is 2.19. The number of rotatable bonds is 5. The van der Waals surface area contributed by atoms with E-state index in [1.807, 2.05) is 6.92 Å². The summed E-state index contributed by atoms with van der Waals surface area (Å²) in [5.41, 5.74) is 2.39. The Kier molecular flexibility index (Phi) is 5.47. The Hall–Kier alpha value is -2.95. The standard InChI is InChI=1S/C19H19NO4/c1-12-7-9-15(10-8-12)19(23)24-14(3)18(22)20-17-6-4-5-16(11-17)13(2)21/h4-11,14H,1-3H3,(H,20,22)/t14-/m1/s1. The molecule has 0 aliphatic rings. The van der Waals surface area contributed by atoms with Crippen LogP contribution in [0.4, 0.5) is 5.69 Å². The van der Waals surface area contributed by atoms with Crippen molar-refractivity contribution in [1.29, 1.82) is 0 Å². The second-order valence-electron chi connectivity index (χ2n) is 5.54. The van der Waals surface area contributed by atoms with Gasteiger partial charge in [-0.1, -0.05) is 29.8 Å². The minimum atomic E-state index is -0.959. The summed E-state index contributed by atoms with van der Waals surface area (Å²) < 4.78 is 5.17. The van der Waals surface area contributed by atoms with Crippen molar-refractivity contribution >= 4 is 23.3 Å². The van der Waals surface area contributed by atoms with Gasteiger partial charge in [0.1, 0.15) is 0 Å². The Morgan fingerprint density at radius 2 is 1.67 bits per heavy atom. The molecule has 0 spiro atoms. The number of benzene rings is 2. The van der Waals surface area contributed by atoms with Gasteiger partial charge in [0.25, 0.3) is 5.91 Å². The molecule has 1 N–H and O–H groups in total. The number of hydrogen-bond donors (Lipinski definition) is 1. The summed E-state index contributed by atoms with van der Waals surface area (Å²) in [6.07, 6.45) is -0.959. The molecule has 24 heavy (non-hydrogen) atoms. The van der Waals surface area contributed by atoms with E-state index in [-0.39, 0.29) is 5.78 Å². The van der Waals surface area contributed by atoms with Gasteiger partial charge >= 0.3 is 5.97 Å². The van der Waals surface area contributed by atoms with Crippen molar-refractivity contribution in [1.82, 2.24) is 0 Å². The highest BCUT2D eigenvalue weighted by molar-refractivity contribution is 5.99. The first-order valence-electron chi connectivity index (χ1n) is 7.56. The zero-order valence-electron chi connectivity index (χ0n) is 13.8. The number of nitrogens with one attached hydrogen (secondary N) is 1. The summed E-state index contributed by atoms with van der Waals surface area (Å²) in [5.74, 6) is -1.11. The summed E-state index contributed by atoms with van der Waals surface area (Å²) in [4.78, 5) is 35.5. The van der Waals surface area contributed by atoms with Gasteiger partial charge in [0.2, 0.25) is 0 Å². The third-order valence-electron chi connectivity index (χ3n) is 3.48. The minimum Gasteiger partial charge on any atom is -0.449 e. The summed E-state index contributed by atoms with van der Waals surface area (Å²) in [7, 11) is 0. The molecule has 0 unspecified atom stereocenters. The van der Waals surface area contributed by atoms with Crippen molar-refractivity contribution in [2.45, 2.75) is 26.9 Å². The van der Waals surface area contributed by atoms with Gasteiger partial charge in [0.15, 0.2) is 11.9 Å². The maximum atomic E-state index is 12.1. The van der Waals surface area contributed by atoms with Crippen molar-refractivity contribution in [2.75, 3.05) is 5.32 Å². The molecular weight excluding hydrogens is 306 g/mol. The smallest absolute Gasteiger partial charge is 0.338 e. The number of esters is 1. The highest BCUT2D eigenvalue weighted by atomic mass is 16.5. The van der Waals surface area contributed by atoms with E-state index in [0.29, 0.717) is 16.8 Å². The SMILES string of the molecule is CC(=O)c1cccc(NC(=O)[C@@H](C)OC(=O)c2ccc(C)cc2)c1. The lowest BCUT2D eigenvalue weighted by molar-refractivity contribution is -0.123. The van der Waals surface area contributed by atoms with Crippen LogP contribution in [-0.2, 0) is 9.53 Å². The number of Topliss-reactive ketones (excluding diaryl/α,β-unsaturated/α-hetero) is 1. The predicted octanol–water partition coefficient (Wildman–Crippen LogP) is 3.38. The zero-order chi connectivity index (χ0) is 17.7. The van der Waals surface area contributed by atoms with E-state index in [4.69, 9.17) is 4.74 Å². The fourth-order valence-corrected chi connectivity index (χ4v) is 2.03. The molecule has 0 saturated heterocycles. The Balaban J connectivity index is 1.99. The molecule has 1 amide bonds. The van der Waals surface area contributed by atoms with E-state index < -0.39 is 18.0 Å². The molecule has 0 aliphatic carbocycles. The molecule has 2 aromatic carbocycles. The normalized spacial score (nSPS) is 11.5. The number of ether oxygens (including phenoxy) is 1. The number of ketones is 1. The van der Waals surface area contributed by atoms with Crippen molar-refractivity contribution in [3.05, 3.63) is 65.2 Å². The average Bonchev–Trinajstić information content (AvgIpc) is 2.55. The molecule has 5 nitrogen and oxygen atoms in total. The van der Waals surface area contributed by atoms with Crippen LogP contribution >= 0.6 is 0 Å². The van der Waals surface area contributed by atoms with Gasteiger partial charge in [-0.05, 0) is 45.0 Å². The largest absolute Gasteiger partial charge is 0.449 e. The van der Waals surface area contributed by atoms with Gasteiger partial charge in [0, 0.05) is 11.3 Å². The molecule has 124 valence electrons. The van der Waals surface area contributed by atoms with E-state index >= 15 is 0 Å². The Labute approximate surface area is 140 Å². The lowest BCUT2D eigenvalue weighted by atomic mass is 10.1. The van der Waals surface area contributed by atoms with E-state index in [2.05, 4.69) is 5.32 Å². The average molecular weight is 325 g/mol. The molecule has 0 heterocycles. The molecule has 0 bridgehead atoms. The highest BCUT2D eigenvalue weighted by Crippen LogP contribution is 2.13. The summed E-state index contributed by atoms with van der Waals surface area (Å²) in [6.45, 7) is 4.86. The molecule has 0 aliphatic heterocycles. The number of carbonyl (C=O) groups excluding carboxylic acids is 3. The molecule has 0 saturated carbocycles. The van der Waals surface area contributed by atoms with Crippen LogP contribution in [0.1, 0.15) is 40.1 Å². The maximum Gasteiger partial charge on any atom is 0.338 e. The number of hydrogen-bond acceptors (Lipinski definition) is 4. The first-order valence-corrected chi connectivity index (χ1v) is 7.56.